The van der Waals surface area contributed by atoms with Gasteiger partial charge in [-0.2, -0.15) is 0 Å². The molecule has 0 amide bonds. The number of thioether (sulfide) groups is 1. The lowest BCUT2D eigenvalue weighted by atomic mass is 10.0. The van der Waals surface area contributed by atoms with E-state index in [2.05, 4.69) is 15.9 Å². The predicted molar refractivity (Wildman–Crippen MR) is 89.5 cm³/mol. The Bertz CT molecular complexity index is 670. The molecule has 2 aromatic carbocycles. The molecule has 1 aliphatic heterocycles. The van der Waals surface area contributed by atoms with Crippen molar-refractivity contribution in [2.75, 3.05) is 12.4 Å². The lowest BCUT2D eigenvalue weighted by Gasteiger charge is -2.19. The van der Waals surface area contributed by atoms with Crippen molar-refractivity contribution < 1.29 is 9.53 Å². The summed E-state index contributed by atoms with van der Waals surface area (Å²) in [4.78, 5) is 13.6. The molecule has 0 atom stereocenters. The van der Waals surface area contributed by atoms with Crippen LogP contribution in [0.1, 0.15) is 22.3 Å². The molecule has 0 aliphatic carbocycles. The number of ether oxygens (including phenoxy) is 1. The van der Waals surface area contributed by atoms with Gasteiger partial charge in [0, 0.05) is 9.37 Å². The summed E-state index contributed by atoms with van der Waals surface area (Å²) >= 11 is 5.05. The Morgan fingerprint density at radius 1 is 1.19 bits per heavy atom. The molecule has 0 bridgehead atoms. The van der Waals surface area contributed by atoms with E-state index in [1.807, 2.05) is 42.5 Å². The topological polar surface area (TPSA) is 26.3 Å². The van der Waals surface area contributed by atoms with Crippen LogP contribution < -0.4 is 4.74 Å². The molecule has 108 valence electrons. The molecule has 1 aliphatic rings. The number of carbonyl (C=O) groups is 1. The minimum atomic E-state index is 0.120. The average molecular weight is 363 g/mol. The Morgan fingerprint density at radius 3 is 2.90 bits per heavy atom. The first-order valence-electron chi connectivity index (χ1n) is 6.91. The SMILES string of the molecule is O=C(CSc1ccccc1Br)c1cccc2c1OCCC2. The molecule has 4 heteroatoms. The first kappa shape index (κ1) is 14.7. The van der Waals surface area contributed by atoms with Crippen molar-refractivity contribution in [3.05, 3.63) is 58.1 Å². The molecule has 3 rings (SSSR count). The van der Waals surface area contributed by atoms with Crippen LogP contribution in [0.5, 0.6) is 5.75 Å². The highest BCUT2D eigenvalue weighted by molar-refractivity contribution is 9.10. The highest BCUT2D eigenvalue weighted by atomic mass is 79.9. The van der Waals surface area contributed by atoms with E-state index in [1.54, 1.807) is 11.8 Å². The average Bonchev–Trinajstić information content (AvgIpc) is 2.53. The van der Waals surface area contributed by atoms with Gasteiger partial charge in [0.1, 0.15) is 5.75 Å². The number of aryl methyl sites for hydroxylation is 1. The van der Waals surface area contributed by atoms with Crippen molar-refractivity contribution in [2.45, 2.75) is 17.7 Å². The second kappa shape index (κ2) is 6.67. The van der Waals surface area contributed by atoms with Crippen LogP contribution in [0.4, 0.5) is 0 Å². The molecule has 2 nitrogen and oxygen atoms in total. The van der Waals surface area contributed by atoms with Crippen molar-refractivity contribution in [2.24, 2.45) is 0 Å². The van der Waals surface area contributed by atoms with Gasteiger partial charge in [0.05, 0.1) is 17.9 Å². The van der Waals surface area contributed by atoms with E-state index in [1.165, 1.54) is 0 Å². The number of hydrogen-bond acceptors (Lipinski definition) is 3. The molecule has 1 heterocycles. The lowest BCUT2D eigenvalue weighted by molar-refractivity contribution is 0.101. The smallest absolute Gasteiger partial charge is 0.176 e. The molecule has 2 aromatic rings. The van der Waals surface area contributed by atoms with Crippen molar-refractivity contribution in [1.82, 2.24) is 0 Å². The van der Waals surface area contributed by atoms with Gasteiger partial charge >= 0.3 is 0 Å². The normalized spacial score (nSPS) is 13.4. The highest BCUT2D eigenvalue weighted by Gasteiger charge is 2.19. The molecule has 21 heavy (non-hydrogen) atoms. The van der Waals surface area contributed by atoms with E-state index < -0.39 is 0 Å². The maximum Gasteiger partial charge on any atom is 0.176 e. The van der Waals surface area contributed by atoms with Gasteiger partial charge in [0.15, 0.2) is 5.78 Å². The number of ketones is 1. The second-order valence-electron chi connectivity index (χ2n) is 4.89. The predicted octanol–water partition coefficient (Wildman–Crippen LogP) is 4.75. The molecular formula is C17H15BrO2S. The van der Waals surface area contributed by atoms with Gasteiger partial charge < -0.3 is 4.74 Å². The van der Waals surface area contributed by atoms with Crippen LogP contribution in [0, 0.1) is 0 Å². The fourth-order valence-electron chi connectivity index (χ4n) is 2.39. The molecule has 0 fully saturated rings. The Labute approximate surface area is 137 Å². The van der Waals surface area contributed by atoms with E-state index in [9.17, 15) is 4.79 Å². The van der Waals surface area contributed by atoms with Crippen molar-refractivity contribution >= 4 is 33.5 Å². The largest absolute Gasteiger partial charge is 0.493 e. The van der Waals surface area contributed by atoms with Crippen molar-refractivity contribution in [3.8, 4) is 5.75 Å². The fraction of sp³-hybridized carbons (Fsp3) is 0.235. The number of fused-ring (bicyclic) bond motifs is 1. The van der Waals surface area contributed by atoms with Gasteiger partial charge in [-0.1, -0.05) is 24.3 Å². The molecule has 0 unspecified atom stereocenters. The molecule has 0 saturated carbocycles. The number of hydrogen-bond donors (Lipinski definition) is 0. The Morgan fingerprint density at radius 2 is 2.05 bits per heavy atom. The molecule has 0 N–H and O–H groups in total. The van der Waals surface area contributed by atoms with Crippen LogP contribution >= 0.6 is 27.7 Å². The first-order chi connectivity index (χ1) is 10.3. The number of para-hydroxylation sites is 1. The maximum absolute atomic E-state index is 12.5. The lowest BCUT2D eigenvalue weighted by Crippen LogP contribution is -2.13. The van der Waals surface area contributed by atoms with Gasteiger partial charge in [-0.15, -0.1) is 11.8 Å². The third kappa shape index (κ3) is 3.33. The molecular weight excluding hydrogens is 348 g/mol. The van der Waals surface area contributed by atoms with Crippen LogP contribution in [0.25, 0.3) is 0 Å². The van der Waals surface area contributed by atoms with E-state index in [4.69, 9.17) is 4.74 Å². The van der Waals surface area contributed by atoms with Gasteiger partial charge in [-0.25, -0.2) is 0 Å². The summed E-state index contributed by atoms with van der Waals surface area (Å²) in [7, 11) is 0. The van der Waals surface area contributed by atoms with Gasteiger partial charge in [0.2, 0.25) is 0 Å². The summed E-state index contributed by atoms with van der Waals surface area (Å²) in [6.45, 7) is 0.703. The molecule has 0 radical (unpaired) electrons. The minimum absolute atomic E-state index is 0.120. The number of benzene rings is 2. The Kier molecular flexibility index (Phi) is 4.66. The summed E-state index contributed by atoms with van der Waals surface area (Å²) in [5.41, 5.74) is 1.87. The number of carbonyl (C=O) groups excluding carboxylic acids is 1. The minimum Gasteiger partial charge on any atom is -0.493 e. The first-order valence-corrected chi connectivity index (χ1v) is 8.69. The molecule has 0 aromatic heterocycles. The van der Waals surface area contributed by atoms with Gasteiger partial charge in [0.25, 0.3) is 0 Å². The van der Waals surface area contributed by atoms with E-state index >= 15 is 0 Å². The standard InChI is InChI=1S/C17H15BrO2S/c18-14-8-1-2-9-16(14)21-11-15(19)13-7-3-5-12-6-4-10-20-17(12)13/h1-3,5,7-9H,4,6,10-11H2. The number of Topliss-reactive ketones (excluding diaryl/α,β-unsaturated/α-hetero) is 1. The summed E-state index contributed by atoms with van der Waals surface area (Å²) in [6.07, 6.45) is 2.02. The summed E-state index contributed by atoms with van der Waals surface area (Å²) in [5.74, 6) is 1.33. The third-order valence-electron chi connectivity index (χ3n) is 3.43. The van der Waals surface area contributed by atoms with Crippen LogP contribution in [-0.4, -0.2) is 18.1 Å². The quantitative estimate of drug-likeness (QED) is 0.579. The monoisotopic (exact) mass is 362 g/mol. The Balaban J connectivity index is 1.76. The van der Waals surface area contributed by atoms with Crippen LogP contribution in [0.15, 0.2) is 51.8 Å². The van der Waals surface area contributed by atoms with E-state index in [0.717, 1.165) is 33.5 Å². The van der Waals surface area contributed by atoms with Crippen LogP contribution in [0.2, 0.25) is 0 Å². The number of halogens is 1. The van der Waals surface area contributed by atoms with E-state index in [0.29, 0.717) is 17.9 Å². The van der Waals surface area contributed by atoms with Gasteiger partial charge in [-0.05, 0) is 52.5 Å². The number of rotatable bonds is 4. The zero-order chi connectivity index (χ0) is 14.7. The maximum atomic E-state index is 12.5. The fourth-order valence-corrected chi connectivity index (χ4v) is 3.84. The summed E-state index contributed by atoms with van der Waals surface area (Å²) in [5, 5.41) is 0. The van der Waals surface area contributed by atoms with E-state index in [-0.39, 0.29) is 5.78 Å². The second-order valence-corrected chi connectivity index (χ2v) is 6.76. The third-order valence-corrected chi connectivity index (χ3v) is 5.46. The summed E-state index contributed by atoms with van der Waals surface area (Å²) in [6, 6.07) is 13.8. The van der Waals surface area contributed by atoms with Crippen LogP contribution in [-0.2, 0) is 6.42 Å². The molecule has 0 saturated heterocycles. The van der Waals surface area contributed by atoms with Crippen molar-refractivity contribution in [3.63, 3.8) is 0 Å². The molecule has 0 spiro atoms. The van der Waals surface area contributed by atoms with Crippen LogP contribution in [0.3, 0.4) is 0 Å². The van der Waals surface area contributed by atoms with Crippen molar-refractivity contribution in [1.29, 1.82) is 0 Å². The highest BCUT2D eigenvalue weighted by Crippen LogP contribution is 2.32. The summed E-state index contributed by atoms with van der Waals surface area (Å²) < 4.78 is 6.73. The zero-order valence-corrected chi connectivity index (χ0v) is 13.9. The zero-order valence-electron chi connectivity index (χ0n) is 11.5. The van der Waals surface area contributed by atoms with Gasteiger partial charge in [-0.3, -0.25) is 4.79 Å². The Hall–Kier alpha value is -1.26.